The van der Waals surface area contributed by atoms with Gasteiger partial charge in [-0.25, -0.2) is 9.59 Å². The van der Waals surface area contributed by atoms with Crippen molar-refractivity contribution in [3.05, 3.63) is 35.9 Å². The first-order valence-electron chi connectivity index (χ1n) is 5.92. The second-order valence-corrected chi connectivity index (χ2v) is 4.06. The lowest BCUT2D eigenvalue weighted by atomic mass is 10.2. The van der Waals surface area contributed by atoms with Crippen molar-refractivity contribution in [3.63, 3.8) is 0 Å². The Kier molecular flexibility index (Phi) is 6.81. The highest BCUT2D eigenvalue weighted by molar-refractivity contribution is 7.80. The summed E-state index contributed by atoms with van der Waals surface area (Å²) in [5.41, 5.74) is 0.871. The highest BCUT2D eigenvalue weighted by atomic mass is 32.1. The summed E-state index contributed by atoms with van der Waals surface area (Å²) in [6.07, 6.45) is -0.670. The molecule has 5 nitrogen and oxygen atoms in total. The molecule has 19 heavy (non-hydrogen) atoms. The van der Waals surface area contributed by atoms with Crippen molar-refractivity contribution < 1.29 is 19.1 Å². The molecule has 1 atom stereocenters. The van der Waals surface area contributed by atoms with Crippen molar-refractivity contribution in [1.82, 2.24) is 5.32 Å². The van der Waals surface area contributed by atoms with Gasteiger partial charge in [-0.2, -0.15) is 12.6 Å². The number of carbonyl (C=O) groups excluding carboxylic acids is 2. The molecule has 0 bridgehead atoms. The molecule has 6 heteroatoms. The number of benzene rings is 1. The number of nitrogens with one attached hydrogen (secondary N) is 1. The minimum atomic E-state index is -0.799. The maximum atomic E-state index is 11.5. The largest absolute Gasteiger partial charge is 0.464 e. The summed E-state index contributed by atoms with van der Waals surface area (Å²) in [5.74, 6) is -0.367. The zero-order valence-corrected chi connectivity index (χ0v) is 11.6. The molecule has 0 spiro atoms. The van der Waals surface area contributed by atoms with Gasteiger partial charge >= 0.3 is 12.1 Å². The van der Waals surface area contributed by atoms with Gasteiger partial charge in [-0.05, 0) is 12.5 Å². The predicted octanol–water partition coefficient (Wildman–Crippen LogP) is 1.77. The van der Waals surface area contributed by atoms with Crippen LogP contribution in [0.4, 0.5) is 4.79 Å². The Balaban J connectivity index is 2.39. The van der Waals surface area contributed by atoms with E-state index >= 15 is 0 Å². The smallest absolute Gasteiger partial charge is 0.408 e. The first-order chi connectivity index (χ1) is 9.17. The van der Waals surface area contributed by atoms with Gasteiger partial charge in [-0.15, -0.1) is 0 Å². The molecule has 0 aliphatic carbocycles. The van der Waals surface area contributed by atoms with Gasteiger partial charge in [0, 0.05) is 5.75 Å². The van der Waals surface area contributed by atoms with Crippen molar-refractivity contribution in [2.24, 2.45) is 0 Å². The number of hydrogen-bond acceptors (Lipinski definition) is 5. The van der Waals surface area contributed by atoms with Gasteiger partial charge in [-0.3, -0.25) is 0 Å². The Morgan fingerprint density at radius 2 is 1.95 bits per heavy atom. The average molecular weight is 283 g/mol. The fourth-order valence-electron chi connectivity index (χ4n) is 1.33. The lowest BCUT2D eigenvalue weighted by Crippen LogP contribution is -2.43. The number of rotatable bonds is 6. The van der Waals surface area contributed by atoms with Crippen molar-refractivity contribution in [1.29, 1.82) is 0 Å². The average Bonchev–Trinajstić information content (AvgIpc) is 2.44. The molecule has 1 aromatic rings. The third-order valence-electron chi connectivity index (χ3n) is 2.26. The van der Waals surface area contributed by atoms with Crippen LogP contribution >= 0.6 is 12.6 Å². The number of thiol groups is 1. The molecule has 1 rings (SSSR count). The molecule has 0 aromatic heterocycles. The van der Waals surface area contributed by atoms with Gasteiger partial charge in [-0.1, -0.05) is 30.3 Å². The topological polar surface area (TPSA) is 64.6 Å². The molecular weight excluding hydrogens is 266 g/mol. The minimum Gasteiger partial charge on any atom is -0.464 e. The summed E-state index contributed by atoms with van der Waals surface area (Å²) in [4.78, 5) is 23.0. The van der Waals surface area contributed by atoms with Crippen LogP contribution in [0.3, 0.4) is 0 Å². The van der Waals surface area contributed by atoms with E-state index < -0.39 is 18.1 Å². The van der Waals surface area contributed by atoms with Gasteiger partial charge in [0.15, 0.2) is 0 Å². The van der Waals surface area contributed by atoms with E-state index in [1.807, 2.05) is 30.3 Å². The lowest BCUT2D eigenvalue weighted by Gasteiger charge is -2.14. The van der Waals surface area contributed by atoms with E-state index in [1.165, 1.54) is 0 Å². The number of alkyl carbamates (subject to hydrolysis) is 1. The van der Waals surface area contributed by atoms with Crippen LogP contribution in [0.2, 0.25) is 0 Å². The van der Waals surface area contributed by atoms with E-state index in [1.54, 1.807) is 6.92 Å². The van der Waals surface area contributed by atoms with Crippen molar-refractivity contribution in [3.8, 4) is 0 Å². The molecule has 0 aliphatic rings. The highest BCUT2D eigenvalue weighted by Gasteiger charge is 2.20. The molecule has 0 fully saturated rings. The predicted molar refractivity (Wildman–Crippen MR) is 74.0 cm³/mol. The molecule has 104 valence electrons. The SMILES string of the molecule is CCOC(=O)[C@H](CS)NC(=O)OCc1ccccc1. The van der Waals surface area contributed by atoms with Crippen LogP contribution in [-0.2, 0) is 20.9 Å². The van der Waals surface area contributed by atoms with E-state index in [-0.39, 0.29) is 19.0 Å². The van der Waals surface area contributed by atoms with E-state index in [0.29, 0.717) is 0 Å². The van der Waals surface area contributed by atoms with Gasteiger partial charge < -0.3 is 14.8 Å². The lowest BCUT2D eigenvalue weighted by molar-refractivity contribution is -0.144. The second-order valence-electron chi connectivity index (χ2n) is 3.69. The van der Waals surface area contributed by atoms with E-state index in [9.17, 15) is 9.59 Å². The van der Waals surface area contributed by atoms with Gasteiger partial charge in [0.1, 0.15) is 12.6 Å². The molecule has 1 aromatic carbocycles. The first-order valence-corrected chi connectivity index (χ1v) is 6.55. The molecule has 0 heterocycles. The monoisotopic (exact) mass is 283 g/mol. The summed E-state index contributed by atoms with van der Waals surface area (Å²) in [6.45, 7) is 2.10. The second kappa shape index (κ2) is 8.42. The Labute approximate surface area is 117 Å². The Morgan fingerprint density at radius 3 is 2.53 bits per heavy atom. The van der Waals surface area contributed by atoms with Crippen LogP contribution in [0.25, 0.3) is 0 Å². The van der Waals surface area contributed by atoms with E-state index in [4.69, 9.17) is 9.47 Å². The van der Waals surface area contributed by atoms with Gasteiger partial charge in [0.2, 0.25) is 0 Å². The summed E-state index contributed by atoms with van der Waals surface area (Å²) < 4.78 is 9.80. The Bertz CT molecular complexity index is 410. The molecular formula is C13H17NO4S. The number of ether oxygens (including phenoxy) is 2. The molecule has 0 aliphatic heterocycles. The zero-order chi connectivity index (χ0) is 14.1. The molecule has 1 amide bonds. The first kappa shape index (κ1) is 15.4. The number of amides is 1. The van der Waals surface area contributed by atoms with Crippen LogP contribution in [0.1, 0.15) is 12.5 Å². The fraction of sp³-hybridized carbons (Fsp3) is 0.385. The van der Waals surface area contributed by atoms with Crippen molar-refractivity contribution in [2.45, 2.75) is 19.6 Å². The van der Waals surface area contributed by atoms with Crippen molar-refractivity contribution >= 4 is 24.7 Å². The number of hydrogen-bond donors (Lipinski definition) is 2. The van der Waals surface area contributed by atoms with Crippen LogP contribution in [-0.4, -0.2) is 30.5 Å². The zero-order valence-electron chi connectivity index (χ0n) is 10.7. The van der Waals surface area contributed by atoms with E-state index in [0.717, 1.165) is 5.56 Å². The van der Waals surface area contributed by atoms with Gasteiger partial charge in [0.25, 0.3) is 0 Å². The number of esters is 1. The molecule has 0 radical (unpaired) electrons. The molecule has 1 N–H and O–H groups in total. The van der Waals surface area contributed by atoms with Crippen LogP contribution in [0, 0.1) is 0 Å². The maximum absolute atomic E-state index is 11.5. The van der Waals surface area contributed by atoms with Crippen molar-refractivity contribution in [2.75, 3.05) is 12.4 Å². The standard InChI is InChI=1S/C13H17NO4S/c1-2-17-12(15)11(9-19)14-13(16)18-8-10-6-4-3-5-7-10/h3-7,11,19H,2,8-9H2,1H3,(H,14,16)/t11-/m0/s1. The van der Waals surface area contributed by atoms with Crippen LogP contribution in [0.5, 0.6) is 0 Å². The summed E-state index contributed by atoms with van der Waals surface area (Å²) in [5, 5.41) is 2.41. The van der Waals surface area contributed by atoms with E-state index in [2.05, 4.69) is 17.9 Å². The molecule has 0 saturated heterocycles. The Morgan fingerprint density at radius 1 is 1.26 bits per heavy atom. The molecule has 0 saturated carbocycles. The summed E-state index contributed by atoms with van der Waals surface area (Å²) in [6, 6.07) is 8.47. The highest BCUT2D eigenvalue weighted by Crippen LogP contribution is 2.01. The third-order valence-corrected chi connectivity index (χ3v) is 2.62. The maximum Gasteiger partial charge on any atom is 0.408 e. The summed E-state index contributed by atoms with van der Waals surface area (Å²) in [7, 11) is 0. The summed E-state index contributed by atoms with van der Waals surface area (Å²) >= 11 is 3.99. The molecule has 0 unspecified atom stereocenters. The minimum absolute atomic E-state index is 0.148. The van der Waals surface area contributed by atoms with Crippen LogP contribution in [0.15, 0.2) is 30.3 Å². The third kappa shape index (κ3) is 5.65. The number of carbonyl (C=O) groups is 2. The quantitative estimate of drug-likeness (QED) is 0.617. The fourth-order valence-corrected chi connectivity index (χ4v) is 1.57. The Hall–Kier alpha value is -1.69. The van der Waals surface area contributed by atoms with Crippen LogP contribution < -0.4 is 5.32 Å². The van der Waals surface area contributed by atoms with Gasteiger partial charge in [0.05, 0.1) is 6.61 Å². The normalized spacial score (nSPS) is 11.5.